The Kier molecular flexibility index (Phi) is 4.55. The van der Waals surface area contributed by atoms with Crippen LogP contribution in [0.3, 0.4) is 0 Å². The lowest BCUT2D eigenvalue weighted by atomic mass is 9.68. The Hall–Kier alpha value is -3.58. The van der Waals surface area contributed by atoms with Crippen molar-refractivity contribution in [2.45, 2.75) is 32.7 Å². The minimum Gasteiger partial charge on any atom is -0.478 e. The number of carbonyl (C=O) groups is 1. The van der Waals surface area contributed by atoms with Crippen molar-refractivity contribution in [2.24, 2.45) is 5.41 Å². The molecule has 31 heavy (non-hydrogen) atoms. The topological polar surface area (TPSA) is 62.1 Å². The number of Topliss-reactive ketones (excluding diaryl/α,β-unsaturated/α-hetero) is 1. The van der Waals surface area contributed by atoms with Gasteiger partial charge in [0, 0.05) is 28.8 Å². The number of hydrogen-bond acceptors (Lipinski definition) is 4. The van der Waals surface area contributed by atoms with E-state index in [1.807, 2.05) is 36.4 Å². The van der Waals surface area contributed by atoms with Crippen LogP contribution in [0.2, 0.25) is 0 Å². The van der Waals surface area contributed by atoms with E-state index in [0.717, 1.165) is 39.8 Å². The molecule has 0 saturated heterocycles. The molecule has 1 N–H and O–H groups in total. The number of carbonyl (C=O) groups excluding carboxylic acids is 1. The van der Waals surface area contributed by atoms with E-state index < -0.39 is 0 Å². The second kappa shape index (κ2) is 7.28. The standard InChI is InChI=1S/C27H24N2O2/c1-27(2)15-20-24-18-8-4-3-7-17(18)11-12-21(24)29-26(25(20)22(30)16-27)19-9-5-6-10-23(19)31-14-13-28/h3-12,26,29H,14-16H2,1-2H3/t26-/m0/s1. The summed E-state index contributed by atoms with van der Waals surface area (Å²) >= 11 is 0. The predicted molar refractivity (Wildman–Crippen MR) is 123 cm³/mol. The maximum Gasteiger partial charge on any atom is 0.174 e. The van der Waals surface area contributed by atoms with Crippen molar-refractivity contribution in [2.75, 3.05) is 11.9 Å². The lowest BCUT2D eigenvalue weighted by Crippen LogP contribution is -2.33. The number of nitrogens with zero attached hydrogens (tertiary/aromatic N) is 1. The van der Waals surface area contributed by atoms with Crippen molar-refractivity contribution in [1.29, 1.82) is 5.26 Å². The SMILES string of the molecule is CC1(C)CC(=O)C2=C(C1)c1c(ccc3ccccc13)N[C@H]2c1ccccc1OCC#N. The van der Waals surface area contributed by atoms with Crippen LogP contribution in [0.15, 0.2) is 66.2 Å². The van der Waals surface area contributed by atoms with Crippen LogP contribution in [0.5, 0.6) is 5.75 Å². The summed E-state index contributed by atoms with van der Waals surface area (Å²) in [5, 5.41) is 15.0. The third kappa shape index (κ3) is 3.27. The van der Waals surface area contributed by atoms with Crippen LogP contribution in [0.1, 0.15) is 43.9 Å². The summed E-state index contributed by atoms with van der Waals surface area (Å²) in [5.41, 5.74) is 4.92. The van der Waals surface area contributed by atoms with Crippen LogP contribution in [-0.4, -0.2) is 12.4 Å². The summed E-state index contributed by atoms with van der Waals surface area (Å²) in [4.78, 5) is 13.5. The van der Waals surface area contributed by atoms with Gasteiger partial charge in [0.25, 0.3) is 0 Å². The maximum atomic E-state index is 13.5. The second-order valence-corrected chi connectivity index (χ2v) is 9.10. The fraction of sp³-hybridized carbons (Fsp3) is 0.259. The number of anilines is 1. The molecule has 3 aromatic rings. The Labute approximate surface area is 182 Å². The summed E-state index contributed by atoms with van der Waals surface area (Å²) in [6.45, 7) is 4.30. The Balaban J connectivity index is 1.76. The number of nitrogens with one attached hydrogen (secondary N) is 1. The lowest BCUT2D eigenvalue weighted by Gasteiger charge is -2.40. The molecule has 1 atom stereocenters. The number of ether oxygens (including phenoxy) is 1. The molecule has 0 bridgehead atoms. The molecule has 4 nitrogen and oxygen atoms in total. The van der Waals surface area contributed by atoms with E-state index in [-0.39, 0.29) is 23.8 Å². The molecule has 5 rings (SSSR count). The van der Waals surface area contributed by atoms with Gasteiger partial charge in [-0.15, -0.1) is 0 Å². The van der Waals surface area contributed by atoms with E-state index in [9.17, 15) is 4.79 Å². The second-order valence-electron chi connectivity index (χ2n) is 9.10. The van der Waals surface area contributed by atoms with Gasteiger partial charge < -0.3 is 10.1 Å². The van der Waals surface area contributed by atoms with E-state index >= 15 is 0 Å². The third-order valence-corrected chi connectivity index (χ3v) is 6.26. The quantitative estimate of drug-likeness (QED) is 0.573. The van der Waals surface area contributed by atoms with Crippen LogP contribution in [0, 0.1) is 16.7 Å². The molecule has 0 spiro atoms. The first-order chi connectivity index (χ1) is 15.0. The molecule has 2 aliphatic rings. The molecule has 3 aromatic carbocycles. The number of ketones is 1. The molecule has 0 aromatic heterocycles. The van der Waals surface area contributed by atoms with Gasteiger partial charge in [0.2, 0.25) is 0 Å². The zero-order chi connectivity index (χ0) is 21.6. The van der Waals surface area contributed by atoms with E-state index in [1.165, 1.54) is 5.39 Å². The molecule has 1 aliphatic carbocycles. The van der Waals surface area contributed by atoms with Gasteiger partial charge in [-0.25, -0.2) is 0 Å². The Morgan fingerprint density at radius 1 is 1.06 bits per heavy atom. The highest BCUT2D eigenvalue weighted by Crippen LogP contribution is 2.52. The van der Waals surface area contributed by atoms with Crippen molar-refractivity contribution in [3.8, 4) is 11.8 Å². The van der Waals surface area contributed by atoms with E-state index in [4.69, 9.17) is 10.00 Å². The number of benzene rings is 3. The van der Waals surface area contributed by atoms with Crippen LogP contribution in [-0.2, 0) is 4.79 Å². The number of allylic oxidation sites excluding steroid dienone is 1. The Morgan fingerprint density at radius 2 is 1.84 bits per heavy atom. The number of hydrogen-bond donors (Lipinski definition) is 1. The highest BCUT2D eigenvalue weighted by Gasteiger charge is 2.41. The third-order valence-electron chi connectivity index (χ3n) is 6.26. The molecule has 154 valence electrons. The summed E-state index contributed by atoms with van der Waals surface area (Å²) < 4.78 is 5.72. The van der Waals surface area contributed by atoms with E-state index in [1.54, 1.807) is 0 Å². The van der Waals surface area contributed by atoms with Gasteiger partial charge in [-0.2, -0.15) is 5.26 Å². The fourth-order valence-electron chi connectivity index (χ4n) is 5.03. The van der Waals surface area contributed by atoms with E-state index in [0.29, 0.717) is 12.2 Å². The Bertz CT molecular complexity index is 1280. The molecule has 0 fully saturated rings. The van der Waals surface area contributed by atoms with Crippen molar-refractivity contribution in [3.05, 3.63) is 77.4 Å². The molecule has 0 amide bonds. The Morgan fingerprint density at radius 3 is 2.68 bits per heavy atom. The molecule has 0 unspecified atom stereocenters. The van der Waals surface area contributed by atoms with Gasteiger partial charge in [0.05, 0.1) is 6.04 Å². The number of rotatable bonds is 3. The summed E-state index contributed by atoms with van der Waals surface area (Å²) in [7, 11) is 0. The molecule has 1 aliphatic heterocycles. The minimum atomic E-state index is -0.304. The minimum absolute atomic E-state index is 0.0299. The molecule has 0 saturated carbocycles. The molecule has 0 radical (unpaired) electrons. The van der Waals surface area contributed by atoms with Crippen molar-refractivity contribution < 1.29 is 9.53 Å². The average Bonchev–Trinajstić information content (AvgIpc) is 2.76. The summed E-state index contributed by atoms with van der Waals surface area (Å²) in [5.74, 6) is 0.813. The van der Waals surface area contributed by atoms with Crippen molar-refractivity contribution in [1.82, 2.24) is 0 Å². The van der Waals surface area contributed by atoms with Gasteiger partial charge in [-0.3, -0.25) is 4.79 Å². The highest BCUT2D eigenvalue weighted by atomic mass is 16.5. The van der Waals surface area contributed by atoms with E-state index in [2.05, 4.69) is 49.5 Å². The molecule has 4 heteroatoms. The first-order valence-electron chi connectivity index (χ1n) is 10.6. The van der Waals surface area contributed by atoms with Gasteiger partial charge in [-0.1, -0.05) is 62.4 Å². The zero-order valence-electron chi connectivity index (χ0n) is 17.7. The highest BCUT2D eigenvalue weighted by molar-refractivity contribution is 6.13. The number of para-hydroxylation sites is 1. The summed E-state index contributed by atoms with van der Waals surface area (Å²) in [6.07, 6.45) is 1.36. The lowest BCUT2D eigenvalue weighted by molar-refractivity contribution is -0.118. The maximum absolute atomic E-state index is 13.5. The normalized spacial score (nSPS) is 19.3. The van der Waals surface area contributed by atoms with Crippen molar-refractivity contribution >= 4 is 27.8 Å². The first-order valence-corrected chi connectivity index (χ1v) is 10.6. The van der Waals surface area contributed by atoms with Crippen LogP contribution in [0.4, 0.5) is 5.69 Å². The zero-order valence-corrected chi connectivity index (χ0v) is 17.7. The average molecular weight is 409 g/mol. The van der Waals surface area contributed by atoms with Gasteiger partial charge in [0.15, 0.2) is 12.4 Å². The fourth-order valence-corrected chi connectivity index (χ4v) is 5.03. The van der Waals surface area contributed by atoms with Gasteiger partial charge in [0.1, 0.15) is 11.8 Å². The van der Waals surface area contributed by atoms with Gasteiger partial charge in [-0.05, 0) is 40.3 Å². The van der Waals surface area contributed by atoms with Crippen LogP contribution < -0.4 is 10.1 Å². The largest absolute Gasteiger partial charge is 0.478 e. The van der Waals surface area contributed by atoms with Gasteiger partial charge >= 0.3 is 0 Å². The monoisotopic (exact) mass is 408 g/mol. The smallest absolute Gasteiger partial charge is 0.174 e. The summed E-state index contributed by atoms with van der Waals surface area (Å²) in [6, 6.07) is 22.0. The first kappa shape index (κ1) is 19.4. The van der Waals surface area contributed by atoms with Crippen LogP contribution >= 0.6 is 0 Å². The van der Waals surface area contributed by atoms with Crippen LogP contribution in [0.25, 0.3) is 16.3 Å². The molecule has 1 heterocycles. The number of fused-ring (bicyclic) bond motifs is 4. The molecular weight excluding hydrogens is 384 g/mol. The predicted octanol–water partition coefficient (Wildman–Crippen LogP) is 6.05. The van der Waals surface area contributed by atoms with Crippen molar-refractivity contribution in [3.63, 3.8) is 0 Å². The molecular formula is C27H24N2O2. The number of nitriles is 1.